The quantitative estimate of drug-likeness (QED) is 0.898. The summed E-state index contributed by atoms with van der Waals surface area (Å²) in [6.07, 6.45) is 0.998. The van der Waals surface area contributed by atoms with Crippen LogP contribution in [0.25, 0.3) is 11.1 Å². The van der Waals surface area contributed by atoms with E-state index < -0.39 is 5.91 Å². The van der Waals surface area contributed by atoms with E-state index in [1.807, 2.05) is 42.3 Å². The molecular formula is C20H22ClN3O2. The highest BCUT2D eigenvalue weighted by Crippen LogP contribution is 2.26. The fraction of sp³-hybridized carbons (Fsp3) is 0.300. The number of carbonyl (C=O) groups is 2. The van der Waals surface area contributed by atoms with E-state index in [1.165, 1.54) is 0 Å². The summed E-state index contributed by atoms with van der Waals surface area (Å²) in [7, 11) is 3.93. The lowest BCUT2D eigenvalue weighted by Crippen LogP contribution is -2.38. The molecule has 5 nitrogen and oxygen atoms in total. The van der Waals surface area contributed by atoms with Crippen molar-refractivity contribution in [1.29, 1.82) is 0 Å². The van der Waals surface area contributed by atoms with Gasteiger partial charge in [0.15, 0.2) is 0 Å². The number of likely N-dealkylation sites (tertiary alicyclic amines) is 1. The third-order valence-corrected chi connectivity index (χ3v) is 5.26. The summed E-state index contributed by atoms with van der Waals surface area (Å²) in [5.74, 6) is -0.544. The first-order valence-electron chi connectivity index (χ1n) is 8.52. The highest BCUT2D eigenvalue weighted by Gasteiger charge is 2.26. The molecule has 1 heterocycles. The first-order valence-corrected chi connectivity index (χ1v) is 8.90. The number of hydrogen-bond donors (Lipinski definition) is 1. The summed E-state index contributed by atoms with van der Waals surface area (Å²) >= 11 is 6.00. The summed E-state index contributed by atoms with van der Waals surface area (Å²) in [4.78, 5) is 28.2. The lowest BCUT2D eigenvalue weighted by atomic mass is 10.0. The molecule has 2 aromatic carbocycles. The molecule has 0 aromatic heterocycles. The second-order valence-electron chi connectivity index (χ2n) is 6.76. The topological polar surface area (TPSA) is 66.6 Å². The van der Waals surface area contributed by atoms with Gasteiger partial charge < -0.3 is 15.5 Å². The lowest BCUT2D eigenvalue weighted by Gasteiger charge is -2.24. The number of nitrogens with zero attached hydrogens (tertiary/aromatic N) is 2. The molecule has 3 rings (SSSR count). The van der Waals surface area contributed by atoms with Gasteiger partial charge in [-0.1, -0.05) is 29.8 Å². The van der Waals surface area contributed by atoms with Crippen molar-refractivity contribution >= 4 is 23.4 Å². The van der Waals surface area contributed by atoms with E-state index in [2.05, 4.69) is 11.9 Å². The summed E-state index contributed by atoms with van der Waals surface area (Å²) in [6.45, 7) is 1.92. The predicted molar refractivity (Wildman–Crippen MR) is 103 cm³/mol. The van der Waals surface area contributed by atoms with Gasteiger partial charge in [0.1, 0.15) is 0 Å². The Morgan fingerprint density at radius 1 is 1.15 bits per heavy atom. The largest absolute Gasteiger partial charge is 0.366 e. The van der Waals surface area contributed by atoms with E-state index in [4.69, 9.17) is 17.3 Å². The average Bonchev–Trinajstić information content (AvgIpc) is 3.07. The van der Waals surface area contributed by atoms with Crippen molar-refractivity contribution in [3.63, 3.8) is 0 Å². The Hall–Kier alpha value is -2.37. The zero-order chi connectivity index (χ0) is 18.8. The number of carbonyl (C=O) groups excluding carboxylic acids is 2. The normalized spacial score (nSPS) is 17.3. The Kier molecular flexibility index (Phi) is 5.30. The summed E-state index contributed by atoms with van der Waals surface area (Å²) < 4.78 is 0. The van der Waals surface area contributed by atoms with Crippen molar-refractivity contribution in [2.45, 2.75) is 12.5 Å². The standard InChI is InChI=1S/C20H22ClN3O2/c1-23-10-9-16(12-23)24(2)20(26)14-5-3-13(4-6-14)15-7-8-18(21)17(11-15)19(22)25/h3-8,11,16H,9-10,12H2,1-2H3,(H2,22,25). The van der Waals surface area contributed by atoms with Gasteiger partial charge in [0.25, 0.3) is 5.91 Å². The number of halogens is 1. The Morgan fingerprint density at radius 2 is 1.81 bits per heavy atom. The molecule has 26 heavy (non-hydrogen) atoms. The molecule has 1 fully saturated rings. The Labute approximate surface area is 158 Å². The van der Waals surface area contributed by atoms with Crippen LogP contribution in [0.2, 0.25) is 5.02 Å². The zero-order valence-corrected chi connectivity index (χ0v) is 15.7. The van der Waals surface area contributed by atoms with Crippen LogP contribution in [0.3, 0.4) is 0 Å². The number of nitrogens with two attached hydrogens (primary N) is 1. The minimum Gasteiger partial charge on any atom is -0.366 e. The van der Waals surface area contributed by atoms with Crippen molar-refractivity contribution in [3.05, 3.63) is 58.6 Å². The smallest absolute Gasteiger partial charge is 0.253 e. The van der Waals surface area contributed by atoms with Gasteiger partial charge in [-0.3, -0.25) is 9.59 Å². The van der Waals surface area contributed by atoms with Crippen LogP contribution in [0.1, 0.15) is 27.1 Å². The molecule has 0 saturated carbocycles. The van der Waals surface area contributed by atoms with Crippen molar-refractivity contribution in [2.75, 3.05) is 27.2 Å². The summed E-state index contributed by atoms with van der Waals surface area (Å²) in [6, 6.07) is 12.8. The Morgan fingerprint density at radius 3 is 2.38 bits per heavy atom. The molecule has 0 aliphatic carbocycles. The van der Waals surface area contributed by atoms with Crippen LogP contribution in [-0.2, 0) is 0 Å². The Balaban J connectivity index is 1.79. The highest BCUT2D eigenvalue weighted by atomic mass is 35.5. The summed E-state index contributed by atoms with van der Waals surface area (Å²) in [5, 5.41) is 0.330. The SMILES string of the molecule is CN1CCC(N(C)C(=O)c2ccc(-c3ccc(Cl)c(C(N)=O)c3)cc2)C1. The maximum absolute atomic E-state index is 12.7. The molecule has 0 bridgehead atoms. The molecule has 2 N–H and O–H groups in total. The lowest BCUT2D eigenvalue weighted by molar-refractivity contribution is 0.0737. The molecule has 0 radical (unpaired) electrons. The maximum Gasteiger partial charge on any atom is 0.253 e. The minimum atomic E-state index is -0.563. The van der Waals surface area contributed by atoms with E-state index in [1.54, 1.807) is 12.1 Å². The fourth-order valence-corrected chi connectivity index (χ4v) is 3.51. The van der Waals surface area contributed by atoms with E-state index >= 15 is 0 Å². The number of rotatable bonds is 4. The van der Waals surface area contributed by atoms with Crippen LogP contribution in [0.5, 0.6) is 0 Å². The van der Waals surface area contributed by atoms with E-state index in [9.17, 15) is 9.59 Å². The minimum absolute atomic E-state index is 0.0192. The molecular weight excluding hydrogens is 350 g/mol. The number of likely N-dealkylation sites (N-methyl/N-ethyl adjacent to an activating group) is 2. The number of hydrogen-bond acceptors (Lipinski definition) is 3. The van der Waals surface area contributed by atoms with Crippen LogP contribution in [0.15, 0.2) is 42.5 Å². The van der Waals surface area contributed by atoms with Crippen LogP contribution in [-0.4, -0.2) is 54.8 Å². The van der Waals surface area contributed by atoms with Crippen LogP contribution >= 0.6 is 11.6 Å². The predicted octanol–water partition coefficient (Wildman–Crippen LogP) is 2.88. The van der Waals surface area contributed by atoms with Gasteiger partial charge in [-0.15, -0.1) is 0 Å². The van der Waals surface area contributed by atoms with Crippen LogP contribution in [0, 0.1) is 0 Å². The molecule has 2 aromatic rings. The number of primary amides is 1. The molecule has 1 saturated heterocycles. The van der Waals surface area contributed by atoms with Gasteiger partial charge in [-0.2, -0.15) is 0 Å². The third kappa shape index (κ3) is 3.74. The van der Waals surface area contributed by atoms with E-state index in [-0.39, 0.29) is 17.5 Å². The monoisotopic (exact) mass is 371 g/mol. The highest BCUT2D eigenvalue weighted by molar-refractivity contribution is 6.33. The molecule has 136 valence electrons. The second-order valence-corrected chi connectivity index (χ2v) is 7.16. The van der Waals surface area contributed by atoms with E-state index in [0.29, 0.717) is 10.6 Å². The summed E-state index contributed by atoms with van der Waals surface area (Å²) in [5.41, 5.74) is 8.01. The molecule has 1 aliphatic rings. The van der Waals surface area contributed by atoms with Crippen molar-refractivity contribution in [3.8, 4) is 11.1 Å². The van der Waals surface area contributed by atoms with Gasteiger partial charge in [0, 0.05) is 25.2 Å². The first-order chi connectivity index (χ1) is 12.4. The number of amides is 2. The maximum atomic E-state index is 12.7. The molecule has 1 atom stereocenters. The molecule has 6 heteroatoms. The second kappa shape index (κ2) is 7.48. The first kappa shape index (κ1) is 18.4. The van der Waals surface area contributed by atoms with Crippen molar-refractivity contribution < 1.29 is 9.59 Å². The molecule has 0 spiro atoms. The molecule has 2 amide bonds. The number of benzene rings is 2. The van der Waals surface area contributed by atoms with Crippen molar-refractivity contribution in [1.82, 2.24) is 9.80 Å². The molecule has 1 aliphatic heterocycles. The van der Waals surface area contributed by atoms with Gasteiger partial charge in [-0.05, 0) is 55.4 Å². The van der Waals surface area contributed by atoms with Crippen LogP contribution in [0.4, 0.5) is 0 Å². The van der Waals surface area contributed by atoms with Gasteiger partial charge in [0.2, 0.25) is 5.91 Å². The van der Waals surface area contributed by atoms with Crippen LogP contribution < -0.4 is 5.73 Å². The average molecular weight is 372 g/mol. The zero-order valence-electron chi connectivity index (χ0n) is 14.9. The van der Waals surface area contributed by atoms with Gasteiger partial charge in [0.05, 0.1) is 10.6 Å². The van der Waals surface area contributed by atoms with Gasteiger partial charge in [-0.25, -0.2) is 0 Å². The third-order valence-electron chi connectivity index (χ3n) is 4.93. The Bertz CT molecular complexity index is 835. The fourth-order valence-electron chi connectivity index (χ4n) is 3.30. The molecule has 1 unspecified atom stereocenters. The van der Waals surface area contributed by atoms with E-state index in [0.717, 1.165) is 30.6 Å². The van der Waals surface area contributed by atoms with Gasteiger partial charge >= 0.3 is 0 Å². The van der Waals surface area contributed by atoms with Crippen molar-refractivity contribution in [2.24, 2.45) is 5.73 Å².